The SMILES string of the molecule is CC(C)(NC(=O)c1ccccc1)c1csc(-c2ccc(C(=O)N3CCCC3CN3CCCC3)cc2)n1.Cl. The number of carbonyl (C=O) groups excluding carboxylic acids is 2. The summed E-state index contributed by atoms with van der Waals surface area (Å²) in [6.45, 7) is 8.10. The van der Waals surface area contributed by atoms with Crippen LogP contribution in [-0.4, -0.2) is 58.8 Å². The van der Waals surface area contributed by atoms with Gasteiger partial charge in [0.25, 0.3) is 11.8 Å². The molecule has 0 saturated carbocycles. The Hall–Kier alpha value is -2.74. The molecule has 0 radical (unpaired) electrons. The largest absolute Gasteiger partial charge is 0.341 e. The van der Waals surface area contributed by atoms with Crippen LogP contribution in [0.3, 0.4) is 0 Å². The van der Waals surface area contributed by atoms with Crippen LogP contribution in [0.4, 0.5) is 0 Å². The second-order valence-electron chi connectivity index (χ2n) is 10.4. The highest BCUT2D eigenvalue weighted by molar-refractivity contribution is 7.13. The number of hydrogen-bond acceptors (Lipinski definition) is 5. The molecule has 2 aliphatic heterocycles. The second kappa shape index (κ2) is 11.8. The smallest absolute Gasteiger partial charge is 0.254 e. The molecule has 1 N–H and O–H groups in total. The van der Waals surface area contributed by atoms with Gasteiger partial charge in [-0.15, -0.1) is 23.7 Å². The molecule has 8 heteroatoms. The predicted octanol–water partition coefficient (Wildman–Crippen LogP) is 5.60. The van der Waals surface area contributed by atoms with E-state index < -0.39 is 5.54 Å². The highest BCUT2D eigenvalue weighted by atomic mass is 35.5. The average molecular weight is 539 g/mol. The Labute approximate surface area is 229 Å². The van der Waals surface area contributed by atoms with Crippen LogP contribution in [-0.2, 0) is 5.54 Å². The molecule has 0 bridgehead atoms. The molecule has 2 saturated heterocycles. The third kappa shape index (κ3) is 6.22. The van der Waals surface area contributed by atoms with Crippen molar-refractivity contribution in [3.8, 4) is 10.6 Å². The number of aromatic nitrogens is 1. The van der Waals surface area contributed by atoms with E-state index in [1.807, 2.05) is 61.7 Å². The number of nitrogens with zero attached hydrogens (tertiary/aromatic N) is 3. The molecule has 3 aromatic rings. The summed E-state index contributed by atoms with van der Waals surface area (Å²) in [5.41, 5.74) is 2.54. The molecule has 0 aliphatic carbocycles. The molecular formula is C29H35ClN4O2S. The number of likely N-dealkylation sites (tertiary alicyclic amines) is 2. The molecule has 37 heavy (non-hydrogen) atoms. The number of rotatable bonds is 7. The maximum absolute atomic E-state index is 13.3. The van der Waals surface area contributed by atoms with Crippen LogP contribution in [0.15, 0.2) is 60.0 Å². The molecule has 196 valence electrons. The van der Waals surface area contributed by atoms with Gasteiger partial charge in [0.2, 0.25) is 0 Å². The van der Waals surface area contributed by atoms with Crippen molar-refractivity contribution >= 4 is 35.6 Å². The third-order valence-corrected chi connectivity index (χ3v) is 8.18. The van der Waals surface area contributed by atoms with Crippen LogP contribution in [0.2, 0.25) is 0 Å². The van der Waals surface area contributed by atoms with E-state index in [2.05, 4.69) is 15.1 Å². The summed E-state index contributed by atoms with van der Waals surface area (Å²) in [5, 5.41) is 5.96. The van der Waals surface area contributed by atoms with Crippen molar-refractivity contribution in [3.05, 3.63) is 76.8 Å². The molecule has 2 aliphatic rings. The van der Waals surface area contributed by atoms with Crippen molar-refractivity contribution in [2.24, 2.45) is 0 Å². The molecule has 3 heterocycles. The molecular weight excluding hydrogens is 504 g/mol. The number of halogens is 1. The Bertz CT molecular complexity index is 1210. The van der Waals surface area contributed by atoms with Crippen molar-refractivity contribution in [3.63, 3.8) is 0 Å². The minimum Gasteiger partial charge on any atom is -0.341 e. The van der Waals surface area contributed by atoms with E-state index in [1.54, 1.807) is 23.5 Å². The summed E-state index contributed by atoms with van der Waals surface area (Å²) in [5.74, 6) is 0.01000. The average Bonchev–Trinajstić information content (AvgIpc) is 3.67. The van der Waals surface area contributed by atoms with Gasteiger partial charge in [0.1, 0.15) is 5.01 Å². The minimum atomic E-state index is -0.613. The molecule has 2 amide bonds. The lowest BCUT2D eigenvalue weighted by Gasteiger charge is -2.28. The van der Waals surface area contributed by atoms with E-state index in [1.165, 1.54) is 12.8 Å². The highest BCUT2D eigenvalue weighted by Gasteiger charge is 2.31. The van der Waals surface area contributed by atoms with E-state index in [4.69, 9.17) is 4.98 Å². The molecule has 0 spiro atoms. The molecule has 2 fully saturated rings. The maximum atomic E-state index is 13.3. The fraction of sp³-hybridized carbons (Fsp3) is 0.414. The number of hydrogen-bond donors (Lipinski definition) is 1. The van der Waals surface area contributed by atoms with E-state index in [0.717, 1.165) is 60.8 Å². The van der Waals surface area contributed by atoms with Crippen LogP contribution < -0.4 is 5.32 Å². The zero-order chi connectivity index (χ0) is 25.1. The lowest BCUT2D eigenvalue weighted by atomic mass is 10.0. The van der Waals surface area contributed by atoms with E-state index in [0.29, 0.717) is 11.6 Å². The van der Waals surface area contributed by atoms with E-state index in [-0.39, 0.29) is 24.2 Å². The summed E-state index contributed by atoms with van der Waals surface area (Å²) in [4.78, 5) is 35.4. The topological polar surface area (TPSA) is 65.5 Å². The van der Waals surface area contributed by atoms with Gasteiger partial charge < -0.3 is 15.1 Å². The number of carbonyl (C=O) groups is 2. The Kier molecular flexibility index (Phi) is 8.67. The fourth-order valence-electron chi connectivity index (χ4n) is 5.18. The van der Waals surface area contributed by atoms with Crippen LogP contribution in [0.25, 0.3) is 10.6 Å². The lowest BCUT2D eigenvalue weighted by molar-refractivity contribution is 0.0708. The van der Waals surface area contributed by atoms with E-state index in [9.17, 15) is 9.59 Å². The summed E-state index contributed by atoms with van der Waals surface area (Å²) in [6, 6.07) is 17.3. The number of nitrogens with one attached hydrogen (secondary N) is 1. The van der Waals surface area contributed by atoms with Crippen molar-refractivity contribution in [1.82, 2.24) is 20.1 Å². The quantitative estimate of drug-likeness (QED) is 0.425. The second-order valence-corrected chi connectivity index (χ2v) is 11.2. The summed E-state index contributed by atoms with van der Waals surface area (Å²) in [7, 11) is 0. The van der Waals surface area contributed by atoms with Crippen molar-refractivity contribution in [2.45, 2.75) is 51.1 Å². The third-order valence-electron chi connectivity index (χ3n) is 7.29. The van der Waals surface area contributed by atoms with Gasteiger partial charge in [-0.2, -0.15) is 0 Å². The van der Waals surface area contributed by atoms with Gasteiger partial charge in [-0.3, -0.25) is 9.59 Å². The van der Waals surface area contributed by atoms with Crippen molar-refractivity contribution in [1.29, 1.82) is 0 Å². The zero-order valence-corrected chi connectivity index (χ0v) is 23.1. The van der Waals surface area contributed by atoms with Gasteiger partial charge in [-0.1, -0.05) is 30.3 Å². The van der Waals surface area contributed by atoms with Gasteiger partial charge >= 0.3 is 0 Å². The monoisotopic (exact) mass is 538 g/mol. The first-order valence-electron chi connectivity index (χ1n) is 12.9. The first kappa shape index (κ1) is 27.3. The standard InChI is InChI=1S/C29H34N4O2S.ClH/c1-29(2,31-26(34)21-9-4-3-5-10-21)25-20-36-27(30-25)22-12-14-23(15-13-22)28(35)33-18-8-11-24(33)19-32-16-6-7-17-32;/h3-5,9-10,12-15,20,24H,6-8,11,16-19H2,1-2H3,(H,31,34);1H. The van der Waals surface area contributed by atoms with Crippen molar-refractivity contribution in [2.75, 3.05) is 26.2 Å². The Balaban J connectivity index is 0.00000320. The maximum Gasteiger partial charge on any atom is 0.254 e. The first-order valence-corrected chi connectivity index (χ1v) is 13.8. The minimum absolute atomic E-state index is 0. The van der Waals surface area contributed by atoms with Crippen LogP contribution in [0, 0.1) is 0 Å². The molecule has 2 aromatic carbocycles. The predicted molar refractivity (Wildman–Crippen MR) is 151 cm³/mol. The summed E-state index contributed by atoms with van der Waals surface area (Å²) in [6.07, 6.45) is 4.73. The van der Waals surface area contributed by atoms with Crippen molar-refractivity contribution < 1.29 is 9.59 Å². The normalized spacial score (nSPS) is 18.0. The number of thiazole rings is 1. The molecule has 1 atom stereocenters. The van der Waals surface area contributed by atoms with Crippen LogP contribution >= 0.6 is 23.7 Å². The summed E-state index contributed by atoms with van der Waals surface area (Å²) >= 11 is 1.55. The molecule has 1 aromatic heterocycles. The van der Waals surface area contributed by atoms with Gasteiger partial charge in [0.05, 0.1) is 11.2 Å². The van der Waals surface area contributed by atoms with Gasteiger partial charge in [-0.05, 0) is 76.9 Å². The van der Waals surface area contributed by atoms with E-state index >= 15 is 0 Å². The first-order chi connectivity index (χ1) is 17.4. The van der Waals surface area contributed by atoms with Gasteiger partial charge in [0.15, 0.2) is 0 Å². The Morgan fingerprint density at radius 3 is 2.38 bits per heavy atom. The van der Waals surface area contributed by atoms with Gasteiger partial charge in [-0.25, -0.2) is 4.98 Å². The zero-order valence-electron chi connectivity index (χ0n) is 21.5. The highest BCUT2D eigenvalue weighted by Crippen LogP contribution is 2.30. The Morgan fingerprint density at radius 2 is 1.68 bits per heavy atom. The summed E-state index contributed by atoms with van der Waals surface area (Å²) < 4.78 is 0. The van der Waals surface area contributed by atoms with Crippen LogP contribution in [0.1, 0.15) is 65.9 Å². The molecule has 6 nitrogen and oxygen atoms in total. The number of benzene rings is 2. The molecule has 5 rings (SSSR count). The van der Waals surface area contributed by atoms with Gasteiger partial charge in [0, 0.05) is 41.2 Å². The fourth-order valence-corrected chi connectivity index (χ4v) is 6.17. The molecule has 1 unspecified atom stereocenters. The van der Waals surface area contributed by atoms with Crippen LogP contribution in [0.5, 0.6) is 0 Å². The Morgan fingerprint density at radius 1 is 0.973 bits per heavy atom. The number of amides is 2. The lowest BCUT2D eigenvalue weighted by Crippen LogP contribution is -2.42.